The number of nitrogens with zero attached hydrogens (tertiary/aromatic N) is 1. The minimum atomic E-state index is -0.648. The largest absolute Gasteiger partial charge is 0.354 e. The van der Waals surface area contributed by atoms with Crippen molar-refractivity contribution in [2.24, 2.45) is 5.92 Å². The lowest BCUT2D eigenvalue weighted by Gasteiger charge is -2.36. The van der Waals surface area contributed by atoms with Gasteiger partial charge in [-0.3, -0.25) is 9.69 Å². The maximum Gasteiger partial charge on any atom is 0.237 e. The summed E-state index contributed by atoms with van der Waals surface area (Å²) in [5.74, 6) is -1.25. The minimum Gasteiger partial charge on any atom is -0.354 e. The Kier molecular flexibility index (Phi) is 5.79. The molecule has 31 heavy (non-hydrogen) atoms. The van der Waals surface area contributed by atoms with E-state index in [1.807, 2.05) is 25.9 Å². The fraction of sp³-hybridized carbons (Fsp3) is 0.375. The van der Waals surface area contributed by atoms with Gasteiger partial charge in [0, 0.05) is 18.0 Å². The van der Waals surface area contributed by atoms with E-state index in [4.69, 9.17) is 0 Å². The maximum atomic E-state index is 14.5. The first kappa shape index (κ1) is 21.4. The van der Waals surface area contributed by atoms with E-state index in [2.05, 4.69) is 10.3 Å². The molecule has 0 radical (unpaired) electrons. The van der Waals surface area contributed by atoms with Crippen molar-refractivity contribution >= 4 is 16.8 Å². The van der Waals surface area contributed by atoms with E-state index in [-0.39, 0.29) is 29.2 Å². The summed E-state index contributed by atoms with van der Waals surface area (Å²) < 4.78 is 41.9. The van der Waals surface area contributed by atoms with Crippen LogP contribution in [0.5, 0.6) is 0 Å². The summed E-state index contributed by atoms with van der Waals surface area (Å²) in [6.45, 7) is 2.42. The average Bonchev–Trinajstić information content (AvgIpc) is 3.06. The highest BCUT2D eigenvalue weighted by Gasteiger charge is 2.35. The summed E-state index contributed by atoms with van der Waals surface area (Å²) in [4.78, 5) is 17.1. The number of amides is 1. The highest BCUT2D eigenvalue weighted by atomic mass is 19.1. The van der Waals surface area contributed by atoms with Crippen LogP contribution in [0.4, 0.5) is 13.2 Å². The molecule has 2 N–H and O–H groups in total. The van der Waals surface area contributed by atoms with E-state index in [0.717, 1.165) is 30.0 Å². The van der Waals surface area contributed by atoms with Crippen LogP contribution in [0.25, 0.3) is 22.2 Å². The molecular weight excluding hydrogens is 403 g/mol. The number of halogens is 3. The van der Waals surface area contributed by atoms with Crippen LogP contribution in [0.15, 0.2) is 36.4 Å². The molecule has 0 saturated heterocycles. The number of hydrogen-bond donors (Lipinski definition) is 2. The zero-order chi connectivity index (χ0) is 22.3. The molecule has 1 saturated carbocycles. The molecule has 164 valence electrons. The van der Waals surface area contributed by atoms with Crippen LogP contribution in [-0.2, 0) is 4.79 Å². The molecule has 1 heterocycles. The molecule has 1 unspecified atom stereocenters. The van der Waals surface area contributed by atoms with E-state index < -0.39 is 11.6 Å². The monoisotopic (exact) mass is 429 g/mol. The third-order valence-corrected chi connectivity index (χ3v) is 6.36. The molecule has 0 spiro atoms. The quantitative estimate of drug-likeness (QED) is 0.591. The summed E-state index contributed by atoms with van der Waals surface area (Å²) >= 11 is 0. The van der Waals surface area contributed by atoms with Crippen molar-refractivity contribution in [3.8, 4) is 11.3 Å². The summed E-state index contributed by atoms with van der Waals surface area (Å²) in [5.41, 5.74) is 2.52. The number of benzene rings is 2. The molecule has 4 rings (SSSR count). The molecule has 1 aliphatic carbocycles. The Balaban J connectivity index is 1.58. The number of fused-ring (bicyclic) bond motifs is 1. The second-order valence-electron chi connectivity index (χ2n) is 8.65. The van der Waals surface area contributed by atoms with Crippen molar-refractivity contribution in [3.05, 3.63) is 59.4 Å². The van der Waals surface area contributed by atoms with E-state index in [1.165, 1.54) is 18.2 Å². The summed E-state index contributed by atoms with van der Waals surface area (Å²) in [7, 11) is 3.71. The smallest absolute Gasteiger partial charge is 0.237 e. The van der Waals surface area contributed by atoms with Gasteiger partial charge < -0.3 is 10.3 Å². The molecule has 0 bridgehead atoms. The third kappa shape index (κ3) is 4.19. The molecule has 1 aromatic heterocycles. The number of aromatic amines is 1. The van der Waals surface area contributed by atoms with Crippen LogP contribution in [0.2, 0.25) is 0 Å². The van der Waals surface area contributed by atoms with Crippen LogP contribution < -0.4 is 5.32 Å². The first-order valence-corrected chi connectivity index (χ1v) is 10.4. The number of rotatable bonds is 6. The predicted octanol–water partition coefficient (Wildman–Crippen LogP) is 4.81. The number of nitrogens with one attached hydrogen (secondary N) is 2. The zero-order valence-electron chi connectivity index (χ0n) is 17.8. The highest BCUT2D eigenvalue weighted by molar-refractivity contribution is 5.92. The summed E-state index contributed by atoms with van der Waals surface area (Å²) in [6.07, 6.45) is 1.60. The average molecular weight is 429 g/mol. The Bertz CT molecular complexity index is 1100. The summed E-state index contributed by atoms with van der Waals surface area (Å²) in [5, 5.41) is 3.51. The first-order valence-electron chi connectivity index (χ1n) is 10.4. The molecule has 1 atom stereocenters. The van der Waals surface area contributed by atoms with Gasteiger partial charge in [-0.15, -0.1) is 0 Å². The Morgan fingerprint density at radius 2 is 1.81 bits per heavy atom. The van der Waals surface area contributed by atoms with Gasteiger partial charge in [0.15, 0.2) is 0 Å². The van der Waals surface area contributed by atoms with Crippen LogP contribution in [0.3, 0.4) is 0 Å². The fourth-order valence-electron chi connectivity index (χ4n) is 4.27. The summed E-state index contributed by atoms with van der Waals surface area (Å²) in [6, 6.07) is 7.99. The van der Waals surface area contributed by atoms with Gasteiger partial charge in [-0.25, -0.2) is 13.2 Å². The Hall–Kier alpha value is -2.80. The van der Waals surface area contributed by atoms with Crippen molar-refractivity contribution in [3.63, 3.8) is 0 Å². The Morgan fingerprint density at radius 1 is 1.13 bits per heavy atom. The lowest BCUT2D eigenvalue weighted by Crippen LogP contribution is -2.44. The van der Waals surface area contributed by atoms with Crippen LogP contribution in [0, 0.1) is 23.4 Å². The lowest BCUT2D eigenvalue weighted by molar-refractivity contribution is -0.125. The number of carbonyl (C=O) groups excluding carboxylic acids is 1. The van der Waals surface area contributed by atoms with Crippen molar-refractivity contribution in [1.29, 1.82) is 0 Å². The van der Waals surface area contributed by atoms with Crippen LogP contribution in [0.1, 0.15) is 31.2 Å². The van der Waals surface area contributed by atoms with E-state index in [0.29, 0.717) is 23.5 Å². The van der Waals surface area contributed by atoms with Gasteiger partial charge in [0.1, 0.15) is 17.5 Å². The second-order valence-corrected chi connectivity index (χ2v) is 8.65. The molecule has 7 heteroatoms. The number of hydrogen-bond acceptors (Lipinski definition) is 2. The zero-order valence-corrected chi connectivity index (χ0v) is 17.8. The SMILES string of the molecule is CC(C(=O)NC[C@H]1C[C@@H](c2c(-c3ccc(F)cc3)[nH]c3c(F)cc(F)cc32)C1)N(C)C. The lowest BCUT2D eigenvalue weighted by atomic mass is 9.70. The normalized spacial score (nSPS) is 19.5. The van der Waals surface area contributed by atoms with Gasteiger partial charge in [0.25, 0.3) is 0 Å². The molecule has 1 fully saturated rings. The molecule has 3 aromatic rings. The molecule has 4 nitrogen and oxygen atoms in total. The second kappa shape index (κ2) is 8.38. The van der Waals surface area contributed by atoms with Crippen LogP contribution >= 0.6 is 0 Å². The minimum absolute atomic E-state index is 0.0170. The van der Waals surface area contributed by atoms with Gasteiger partial charge >= 0.3 is 0 Å². The molecule has 2 aromatic carbocycles. The van der Waals surface area contributed by atoms with E-state index in [9.17, 15) is 18.0 Å². The number of aromatic nitrogens is 1. The Morgan fingerprint density at radius 3 is 2.45 bits per heavy atom. The fourth-order valence-corrected chi connectivity index (χ4v) is 4.27. The van der Waals surface area contributed by atoms with Crippen molar-refractivity contribution < 1.29 is 18.0 Å². The standard InChI is InChI=1S/C24H26F3N3O/c1-13(30(2)3)24(31)28-12-14-8-16(9-14)21-19-10-18(26)11-20(27)23(19)29-22(21)15-4-6-17(25)7-5-15/h4-7,10-11,13-14,16,29H,8-9,12H2,1-3H3,(H,28,31)/t13?,14-,16+. The predicted molar refractivity (Wildman–Crippen MR) is 115 cm³/mol. The number of H-pyrrole nitrogens is 1. The van der Waals surface area contributed by atoms with Crippen LogP contribution in [-0.4, -0.2) is 42.5 Å². The number of carbonyl (C=O) groups is 1. The van der Waals surface area contributed by atoms with E-state index in [1.54, 1.807) is 12.1 Å². The van der Waals surface area contributed by atoms with Gasteiger partial charge in [-0.1, -0.05) is 0 Å². The van der Waals surface area contributed by atoms with E-state index >= 15 is 0 Å². The van der Waals surface area contributed by atoms with Crippen molar-refractivity contribution in [1.82, 2.24) is 15.2 Å². The van der Waals surface area contributed by atoms with Gasteiger partial charge in [-0.2, -0.15) is 0 Å². The molecule has 0 aliphatic heterocycles. The van der Waals surface area contributed by atoms with Crippen molar-refractivity contribution in [2.45, 2.75) is 31.7 Å². The molecular formula is C24H26F3N3O. The topological polar surface area (TPSA) is 48.1 Å². The molecule has 1 aliphatic rings. The molecule has 1 amide bonds. The first-order chi connectivity index (χ1) is 14.7. The number of likely N-dealkylation sites (N-methyl/N-ethyl adjacent to an activating group) is 1. The Labute approximate surface area is 179 Å². The van der Waals surface area contributed by atoms with Gasteiger partial charge in [0.05, 0.1) is 17.3 Å². The van der Waals surface area contributed by atoms with Gasteiger partial charge in [-0.05, 0) is 87.2 Å². The third-order valence-electron chi connectivity index (χ3n) is 6.36. The van der Waals surface area contributed by atoms with Gasteiger partial charge in [0.2, 0.25) is 5.91 Å². The highest BCUT2D eigenvalue weighted by Crippen LogP contribution is 2.48. The maximum absolute atomic E-state index is 14.5. The van der Waals surface area contributed by atoms with Crippen molar-refractivity contribution in [2.75, 3.05) is 20.6 Å².